The van der Waals surface area contributed by atoms with Crippen LogP contribution in [0.1, 0.15) is 18.1 Å². The predicted octanol–water partition coefficient (Wildman–Crippen LogP) is 3.25. The molecule has 8 heteroatoms. The number of hydrazone groups is 1. The van der Waals surface area contributed by atoms with E-state index < -0.39 is 29.7 Å². The summed E-state index contributed by atoms with van der Waals surface area (Å²) in [6.45, 7) is 5.43. The molecule has 154 valence electrons. The number of anilines is 2. The Morgan fingerprint density at radius 3 is 2.47 bits per heavy atom. The summed E-state index contributed by atoms with van der Waals surface area (Å²) in [5.74, 6) is -2.72. The lowest BCUT2D eigenvalue weighted by Crippen LogP contribution is -2.39. The molecule has 2 amide bonds. The monoisotopic (exact) mass is 425 g/mol. The molecule has 2 aromatic rings. The Kier molecular flexibility index (Phi) is 5.07. The number of imide groups is 1. The molecule has 0 radical (unpaired) electrons. The fourth-order valence-electron chi connectivity index (χ4n) is 3.88. The third-order valence-electron chi connectivity index (χ3n) is 5.38. The van der Waals surface area contributed by atoms with Gasteiger partial charge in [0.2, 0.25) is 5.91 Å². The van der Waals surface area contributed by atoms with Crippen molar-refractivity contribution in [2.45, 2.75) is 26.8 Å². The minimum atomic E-state index is -1.05. The number of para-hydroxylation sites is 1. The maximum atomic E-state index is 13.5. The van der Waals surface area contributed by atoms with Gasteiger partial charge in [0.05, 0.1) is 18.0 Å². The number of esters is 1. The van der Waals surface area contributed by atoms with Crippen LogP contribution in [0.5, 0.6) is 0 Å². The van der Waals surface area contributed by atoms with Gasteiger partial charge >= 0.3 is 5.97 Å². The first-order valence-corrected chi connectivity index (χ1v) is 9.98. The van der Waals surface area contributed by atoms with E-state index in [0.717, 1.165) is 10.5 Å². The van der Waals surface area contributed by atoms with Gasteiger partial charge in [0.1, 0.15) is 12.0 Å². The number of halogens is 1. The molecule has 0 aromatic heterocycles. The average Bonchev–Trinajstić information content (AvgIpc) is 3.22. The molecule has 2 unspecified atom stereocenters. The Labute approximate surface area is 178 Å². The Hall–Kier alpha value is -3.19. The third-order valence-corrected chi connectivity index (χ3v) is 5.79. The minimum absolute atomic E-state index is 0.0642. The van der Waals surface area contributed by atoms with Crippen molar-refractivity contribution in [3.05, 3.63) is 58.6 Å². The first-order chi connectivity index (χ1) is 14.4. The van der Waals surface area contributed by atoms with E-state index in [1.807, 2.05) is 25.1 Å². The second kappa shape index (κ2) is 7.57. The number of ether oxygens (including phenoxy) is 1. The summed E-state index contributed by atoms with van der Waals surface area (Å²) in [5, 5.41) is 6.28. The number of amides is 2. The predicted molar refractivity (Wildman–Crippen MR) is 114 cm³/mol. The van der Waals surface area contributed by atoms with Crippen LogP contribution in [0.2, 0.25) is 5.02 Å². The molecule has 2 aliphatic heterocycles. The normalized spacial score (nSPS) is 20.5. The lowest BCUT2D eigenvalue weighted by Gasteiger charge is -2.24. The molecule has 1 saturated heterocycles. The summed E-state index contributed by atoms with van der Waals surface area (Å²) in [7, 11) is 0. The van der Waals surface area contributed by atoms with Gasteiger partial charge in [0, 0.05) is 5.02 Å². The summed E-state index contributed by atoms with van der Waals surface area (Å²) in [5.41, 5.74) is 2.46. The number of hydrogen-bond donors (Lipinski definition) is 0. The maximum Gasteiger partial charge on any atom is 0.355 e. The number of nitrogens with zero attached hydrogens (tertiary/aromatic N) is 3. The Morgan fingerprint density at radius 1 is 1.07 bits per heavy atom. The summed E-state index contributed by atoms with van der Waals surface area (Å²) in [6, 6.07) is 11.4. The van der Waals surface area contributed by atoms with Crippen molar-refractivity contribution in [3.63, 3.8) is 0 Å². The van der Waals surface area contributed by atoms with E-state index in [1.165, 1.54) is 5.01 Å². The van der Waals surface area contributed by atoms with Gasteiger partial charge in [-0.3, -0.25) is 14.6 Å². The zero-order valence-corrected chi connectivity index (χ0v) is 17.5. The fourth-order valence-corrected chi connectivity index (χ4v) is 4.05. The minimum Gasteiger partial charge on any atom is -0.461 e. The highest BCUT2D eigenvalue weighted by atomic mass is 35.5. The zero-order valence-electron chi connectivity index (χ0n) is 16.8. The molecule has 7 nitrogen and oxygen atoms in total. The second-order valence-electron chi connectivity index (χ2n) is 7.16. The Bertz CT molecular complexity index is 1100. The highest BCUT2D eigenvalue weighted by Gasteiger charge is 2.59. The molecule has 0 bridgehead atoms. The number of rotatable bonds is 4. The first-order valence-electron chi connectivity index (χ1n) is 9.60. The van der Waals surface area contributed by atoms with Crippen LogP contribution < -0.4 is 9.91 Å². The van der Waals surface area contributed by atoms with Gasteiger partial charge in [-0.2, -0.15) is 5.10 Å². The Balaban J connectivity index is 1.84. The van der Waals surface area contributed by atoms with Crippen LogP contribution in [0.15, 0.2) is 47.6 Å². The van der Waals surface area contributed by atoms with Crippen LogP contribution in [0.4, 0.5) is 11.4 Å². The number of benzene rings is 2. The Morgan fingerprint density at radius 2 is 1.77 bits per heavy atom. The van der Waals surface area contributed by atoms with Crippen molar-refractivity contribution in [3.8, 4) is 0 Å². The molecule has 2 aliphatic rings. The number of fused-ring (bicyclic) bond motifs is 1. The van der Waals surface area contributed by atoms with Gasteiger partial charge < -0.3 is 4.74 Å². The first kappa shape index (κ1) is 20.1. The third kappa shape index (κ3) is 2.97. The molecule has 0 N–H and O–H groups in total. The SMILES string of the molecule is CCOC(=O)C1=NN(c2ccccc2C)C2C(=O)N(c3cccc(Cl)c3C)C(=O)C12. The number of hydrogen-bond acceptors (Lipinski definition) is 6. The summed E-state index contributed by atoms with van der Waals surface area (Å²) >= 11 is 6.22. The highest BCUT2D eigenvalue weighted by Crippen LogP contribution is 2.40. The largest absolute Gasteiger partial charge is 0.461 e. The van der Waals surface area contributed by atoms with Gasteiger partial charge in [-0.05, 0) is 50.1 Å². The van der Waals surface area contributed by atoms with Crippen LogP contribution in [0.3, 0.4) is 0 Å². The van der Waals surface area contributed by atoms with Gasteiger partial charge in [-0.15, -0.1) is 0 Å². The molecule has 0 aliphatic carbocycles. The second-order valence-corrected chi connectivity index (χ2v) is 7.56. The van der Waals surface area contributed by atoms with Crippen molar-refractivity contribution in [2.24, 2.45) is 11.0 Å². The highest BCUT2D eigenvalue weighted by molar-refractivity contribution is 6.47. The van der Waals surface area contributed by atoms with Crippen molar-refractivity contribution < 1.29 is 19.1 Å². The zero-order chi connectivity index (χ0) is 21.6. The van der Waals surface area contributed by atoms with Crippen molar-refractivity contribution in [2.75, 3.05) is 16.5 Å². The van der Waals surface area contributed by atoms with Gasteiger partial charge in [0.15, 0.2) is 5.71 Å². The molecule has 2 aromatic carbocycles. The van der Waals surface area contributed by atoms with E-state index in [0.29, 0.717) is 22.0 Å². The van der Waals surface area contributed by atoms with E-state index in [1.54, 1.807) is 38.1 Å². The molecule has 4 rings (SSSR count). The molecule has 2 heterocycles. The molecule has 1 fully saturated rings. The van der Waals surface area contributed by atoms with E-state index in [-0.39, 0.29) is 12.3 Å². The van der Waals surface area contributed by atoms with E-state index >= 15 is 0 Å². The van der Waals surface area contributed by atoms with E-state index in [4.69, 9.17) is 16.3 Å². The molecule has 30 heavy (non-hydrogen) atoms. The van der Waals surface area contributed by atoms with Gasteiger partial charge in [-0.25, -0.2) is 9.69 Å². The molecular weight excluding hydrogens is 406 g/mol. The van der Waals surface area contributed by atoms with Crippen LogP contribution in [-0.2, 0) is 19.1 Å². The van der Waals surface area contributed by atoms with E-state index in [9.17, 15) is 14.4 Å². The van der Waals surface area contributed by atoms with Crippen LogP contribution in [0, 0.1) is 19.8 Å². The van der Waals surface area contributed by atoms with Crippen LogP contribution >= 0.6 is 11.6 Å². The van der Waals surface area contributed by atoms with E-state index in [2.05, 4.69) is 5.10 Å². The molecule has 0 saturated carbocycles. The number of carbonyl (C=O) groups is 3. The maximum absolute atomic E-state index is 13.5. The van der Waals surface area contributed by atoms with Crippen molar-refractivity contribution >= 4 is 46.5 Å². The van der Waals surface area contributed by atoms with Crippen molar-refractivity contribution in [1.29, 1.82) is 0 Å². The molecule has 0 spiro atoms. The molecule has 2 atom stereocenters. The fraction of sp³-hybridized carbons (Fsp3) is 0.273. The number of carbonyl (C=O) groups excluding carboxylic acids is 3. The average molecular weight is 426 g/mol. The lowest BCUT2D eigenvalue weighted by molar-refractivity contribution is -0.136. The van der Waals surface area contributed by atoms with Crippen LogP contribution in [-0.4, -0.2) is 36.1 Å². The molecular formula is C22H20ClN3O4. The van der Waals surface area contributed by atoms with Crippen LogP contribution in [0.25, 0.3) is 0 Å². The van der Waals surface area contributed by atoms with Gasteiger partial charge in [0.25, 0.3) is 5.91 Å². The van der Waals surface area contributed by atoms with Gasteiger partial charge in [-0.1, -0.05) is 35.9 Å². The van der Waals surface area contributed by atoms with Crippen molar-refractivity contribution in [1.82, 2.24) is 0 Å². The summed E-state index contributed by atoms with van der Waals surface area (Å²) in [4.78, 5) is 40.6. The topological polar surface area (TPSA) is 79.3 Å². The quantitative estimate of drug-likeness (QED) is 0.555. The standard InChI is InChI=1S/C22H20ClN3O4/c1-4-30-22(29)18-17-19(26(24-18)15-10-6-5-8-12(15)2)21(28)25(20(17)27)16-11-7-9-14(23)13(16)3/h5-11,17,19H,4H2,1-3H3. The smallest absolute Gasteiger partial charge is 0.355 e. The summed E-state index contributed by atoms with van der Waals surface area (Å²) < 4.78 is 5.12. The lowest BCUT2D eigenvalue weighted by atomic mass is 9.97. The number of aryl methyl sites for hydroxylation is 1. The summed E-state index contributed by atoms with van der Waals surface area (Å²) in [6.07, 6.45) is 0.